The van der Waals surface area contributed by atoms with E-state index in [0.717, 1.165) is 30.6 Å². The van der Waals surface area contributed by atoms with Gasteiger partial charge in [0.2, 0.25) is 11.8 Å². The van der Waals surface area contributed by atoms with Crippen molar-refractivity contribution in [1.82, 2.24) is 15.1 Å². The van der Waals surface area contributed by atoms with Gasteiger partial charge in [-0.25, -0.2) is 4.39 Å². The molecule has 2 fully saturated rings. The number of piperazine rings is 1. The predicted octanol–water partition coefficient (Wildman–Crippen LogP) is 5.34. The molecule has 1 aliphatic carbocycles. The zero-order valence-electron chi connectivity index (χ0n) is 20.6. The van der Waals surface area contributed by atoms with Gasteiger partial charge >= 0.3 is 0 Å². The van der Waals surface area contributed by atoms with Crippen LogP contribution in [0.15, 0.2) is 48.5 Å². The lowest BCUT2D eigenvalue weighted by atomic mass is 10.0. The molecule has 1 N–H and O–H groups in total. The largest absolute Gasteiger partial charge is 0.349 e. The second-order valence-electron chi connectivity index (χ2n) is 10.2. The highest BCUT2D eigenvalue weighted by Gasteiger charge is 2.33. The fourth-order valence-corrected chi connectivity index (χ4v) is 4.96. The molecule has 5 nitrogen and oxygen atoms in total. The summed E-state index contributed by atoms with van der Waals surface area (Å²) < 4.78 is 13.3. The Balaban J connectivity index is 1.39. The Bertz CT molecular complexity index is 1010. The molecule has 0 radical (unpaired) electrons. The Hall–Kier alpha value is -2.44. The molecule has 0 spiro atoms. The van der Waals surface area contributed by atoms with Crippen LogP contribution in [0.2, 0.25) is 5.02 Å². The molecule has 2 amide bonds. The Morgan fingerprint density at radius 1 is 1.03 bits per heavy atom. The molecule has 2 aliphatic rings. The first kappa shape index (κ1) is 25.6. The Morgan fingerprint density at radius 2 is 1.71 bits per heavy atom. The molecule has 0 aromatic heterocycles. The van der Waals surface area contributed by atoms with E-state index in [1.807, 2.05) is 29.2 Å². The monoisotopic (exact) mass is 499 g/mol. The second-order valence-corrected chi connectivity index (χ2v) is 10.6. The number of nitrogens with one attached hydrogen (secondary N) is 1. The standard InChI is InChI=1S/C28H35ClFN3O2/c1-19-17-33(20(2)16-32(19)18-22-5-12-25(30)13-6-22)28(35)15-26(23-8-10-24(29)11-9-23)31-27(34)14-7-21-3-4-21/h5-6,8-13,19-21,26H,3-4,7,14-18H2,1-2H3,(H,31,34)/t19-,20+,26?/m0/s1. The molecule has 1 heterocycles. The summed E-state index contributed by atoms with van der Waals surface area (Å²) in [7, 11) is 0. The summed E-state index contributed by atoms with van der Waals surface area (Å²) in [6, 6.07) is 13.8. The van der Waals surface area contributed by atoms with E-state index in [1.54, 1.807) is 12.1 Å². The van der Waals surface area contributed by atoms with Crippen molar-refractivity contribution >= 4 is 23.4 Å². The van der Waals surface area contributed by atoms with Gasteiger partial charge in [0.15, 0.2) is 0 Å². The molecule has 1 unspecified atom stereocenters. The summed E-state index contributed by atoms with van der Waals surface area (Å²) in [4.78, 5) is 30.4. The van der Waals surface area contributed by atoms with Crippen LogP contribution in [0.4, 0.5) is 4.39 Å². The van der Waals surface area contributed by atoms with Gasteiger partial charge in [-0.2, -0.15) is 0 Å². The van der Waals surface area contributed by atoms with Crippen molar-refractivity contribution in [3.05, 3.63) is 70.5 Å². The van der Waals surface area contributed by atoms with Crippen LogP contribution in [0.5, 0.6) is 0 Å². The SMILES string of the molecule is C[C@@H]1CN(Cc2ccc(F)cc2)[C@@H](C)CN1C(=O)CC(NC(=O)CCC1CC1)c1ccc(Cl)cc1. The predicted molar refractivity (Wildman–Crippen MR) is 136 cm³/mol. The average Bonchev–Trinajstić information content (AvgIpc) is 3.66. The number of carbonyl (C=O) groups is 2. The number of carbonyl (C=O) groups excluding carboxylic acids is 2. The minimum atomic E-state index is -0.383. The first-order valence-electron chi connectivity index (χ1n) is 12.6. The van der Waals surface area contributed by atoms with Gasteiger partial charge in [0.05, 0.1) is 12.5 Å². The molecule has 2 aromatic carbocycles. The lowest BCUT2D eigenvalue weighted by molar-refractivity contribution is -0.138. The van der Waals surface area contributed by atoms with E-state index >= 15 is 0 Å². The van der Waals surface area contributed by atoms with Crippen molar-refractivity contribution in [3.63, 3.8) is 0 Å². The number of nitrogens with zero attached hydrogens (tertiary/aromatic N) is 2. The molecule has 188 valence electrons. The van der Waals surface area contributed by atoms with Gasteiger partial charge in [0, 0.05) is 43.2 Å². The number of rotatable bonds is 9. The molecule has 35 heavy (non-hydrogen) atoms. The fraction of sp³-hybridized carbons (Fsp3) is 0.500. The maximum atomic E-state index is 13.5. The highest BCUT2D eigenvalue weighted by Crippen LogP contribution is 2.33. The lowest BCUT2D eigenvalue weighted by Gasteiger charge is -2.44. The Morgan fingerprint density at radius 3 is 2.37 bits per heavy atom. The average molecular weight is 500 g/mol. The fourth-order valence-electron chi connectivity index (χ4n) is 4.84. The van der Waals surface area contributed by atoms with Crippen LogP contribution in [0, 0.1) is 11.7 Å². The highest BCUT2D eigenvalue weighted by atomic mass is 35.5. The van der Waals surface area contributed by atoms with Gasteiger partial charge in [-0.15, -0.1) is 0 Å². The quantitative estimate of drug-likeness (QED) is 0.507. The summed E-state index contributed by atoms with van der Waals surface area (Å²) in [6.07, 6.45) is 4.06. The number of amides is 2. The molecular weight excluding hydrogens is 465 g/mol. The molecule has 3 atom stereocenters. The zero-order valence-corrected chi connectivity index (χ0v) is 21.3. The van der Waals surface area contributed by atoms with Crippen LogP contribution < -0.4 is 5.32 Å². The molecule has 4 rings (SSSR count). The van der Waals surface area contributed by atoms with Crippen LogP contribution in [0.25, 0.3) is 0 Å². The number of halogens is 2. The zero-order chi connectivity index (χ0) is 24.9. The van der Waals surface area contributed by atoms with Gasteiger partial charge in [-0.05, 0) is 61.6 Å². The molecule has 1 saturated carbocycles. The Labute approximate surface area is 212 Å². The minimum Gasteiger partial charge on any atom is -0.349 e. The molecular formula is C28H35ClFN3O2. The highest BCUT2D eigenvalue weighted by molar-refractivity contribution is 6.30. The summed E-state index contributed by atoms with van der Waals surface area (Å²) >= 11 is 6.07. The molecule has 1 aliphatic heterocycles. The van der Waals surface area contributed by atoms with Crippen molar-refractivity contribution < 1.29 is 14.0 Å². The van der Waals surface area contributed by atoms with E-state index in [1.165, 1.54) is 25.0 Å². The third-order valence-electron chi connectivity index (χ3n) is 7.20. The molecule has 2 aromatic rings. The normalized spacial score (nSPS) is 21.5. The summed E-state index contributed by atoms with van der Waals surface area (Å²) in [5.41, 5.74) is 1.94. The van der Waals surface area contributed by atoms with Crippen molar-refractivity contribution in [2.24, 2.45) is 5.92 Å². The van der Waals surface area contributed by atoms with Gasteiger partial charge in [0.1, 0.15) is 5.82 Å². The first-order chi connectivity index (χ1) is 16.8. The number of hydrogen-bond acceptors (Lipinski definition) is 3. The minimum absolute atomic E-state index is 0.00446. The van der Waals surface area contributed by atoms with Crippen LogP contribution in [0.3, 0.4) is 0 Å². The summed E-state index contributed by atoms with van der Waals surface area (Å²) in [6.45, 7) is 6.26. The van der Waals surface area contributed by atoms with Crippen LogP contribution in [-0.4, -0.2) is 46.8 Å². The third kappa shape index (κ3) is 7.28. The van der Waals surface area contributed by atoms with Crippen molar-refractivity contribution in [2.45, 2.75) is 70.6 Å². The maximum absolute atomic E-state index is 13.5. The Kier molecular flexibility index (Phi) is 8.45. The van der Waals surface area contributed by atoms with Gasteiger partial charge < -0.3 is 10.2 Å². The summed E-state index contributed by atoms with van der Waals surface area (Å²) in [5, 5.41) is 3.73. The van der Waals surface area contributed by atoms with Crippen LogP contribution in [0.1, 0.15) is 63.1 Å². The van der Waals surface area contributed by atoms with Gasteiger partial charge in [-0.1, -0.05) is 48.7 Å². The third-order valence-corrected chi connectivity index (χ3v) is 7.45. The second kappa shape index (κ2) is 11.5. The van der Waals surface area contributed by atoms with Crippen molar-refractivity contribution in [1.29, 1.82) is 0 Å². The van der Waals surface area contributed by atoms with Crippen molar-refractivity contribution in [3.8, 4) is 0 Å². The molecule has 0 bridgehead atoms. The van der Waals surface area contributed by atoms with E-state index in [-0.39, 0.29) is 42.2 Å². The van der Waals surface area contributed by atoms with E-state index in [4.69, 9.17) is 11.6 Å². The molecule has 1 saturated heterocycles. The van der Waals surface area contributed by atoms with E-state index < -0.39 is 0 Å². The van der Waals surface area contributed by atoms with E-state index in [0.29, 0.717) is 23.9 Å². The lowest BCUT2D eigenvalue weighted by Crippen LogP contribution is -2.58. The number of hydrogen-bond donors (Lipinski definition) is 1. The van der Waals surface area contributed by atoms with Crippen LogP contribution in [-0.2, 0) is 16.1 Å². The van der Waals surface area contributed by atoms with Crippen LogP contribution >= 0.6 is 11.6 Å². The summed E-state index contributed by atoms with van der Waals surface area (Å²) in [5.74, 6) is 0.480. The smallest absolute Gasteiger partial charge is 0.225 e. The van der Waals surface area contributed by atoms with E-state index in [9.17, 15) is 14.0 Å². The van der Waals surface area contributed by atoms with E-state index in [2.05, 4.69) is 24.1 Å². The topological polar surface area (TPSA) is 52.6 Å². The van der Waals surface area contributed by atoms with Crippen molar-refractivity contribution in [2.75, 3.05) is 13.1 Å². The van der Waals surface area contributed by atoms with Gasteiger partial charge in [-0.3, -0.25) is 14.5 Å². The maximum Gasteiger partial charge on any atom is 0.225 e. The number of benzene rings is 2. The molecule has 7 heteroatoms. The first-order valence-corrected chi connectivity index (χ1v) is 13.0. The van der Waals surface area contributed by atoms with Gasteiger partial charge in [0.25, 0.3) is 0 Å².